The number of thiazole rings is 1. The van der Waals surface area contributed by atoms with Gasteiger partial charge in [-0.2, -0.15) is 0 Å². The zero-order valence-electron chi connectivity index (χ0n) is 15.4. The van der Waals surface area contributed by atoms with E-state index in [0.29, 0.717) is 5.92 Å². The molecule has 0 aromatic carbocycles. The molecule has 2 aromatic heterocycles. The Kier molecular flexibility index (Phi) is 5.70. The number of piperidine rings is 1. The van der Waals surface area contributed by atoms with E-state index in [1.54, 1.807) is 28.8 Å². The molecule has 0 atom stereocenters. The van der Waals surface area contributed by atoms with Gasteiger partial charge in [-0.05, 0) is 51.7 Å². The van der Waals surface area contributed by atoms with Crippen molar-refractivity contribution in [2.45, 2.75) is 39.5 Å². The van der Waals surface area contributed by atoms with Gasteiger partial charge in [-0.1, -0.05) is 5.92 Å². The highest BCUT2D eigenvalue weighted by molar-refractivity contribution is 7.09. The molecule has 6 heteroatoms. The van der Waals surface area contributed by atoms with Crippen molar-refractivity contribution in [3.05, 3.63) is 46.2 Å². The van der Waals surface area contributed by atoms with E-state index in [4.69, 9.17) is 4.84 Å². The largest absolute Gasteiger partial charge is 0.367 e. The fourth-order valence-corrected chi connectivity index (χ4v) is 3.48. The maximum Gasteiger partial charge on any atom is 0.330 e. The second-order valence-electron chi connectivity index (χ2n) is 7.39. The van der Waals surface area contributed by atoms with Gasteiger partial charge in [0.05, 0.1) is 10.4 Å². The summed E-state index contributed by atoms with van der Waals surface area (Å²) in [4.78, 5) is 26.2. The Morgan fingerprint density at radius 3 is 2.73 bits per heavy atom. The fraction of sp³-hybridized carbons (Fsp3) is 0.450. The Hall–Kier alpha value is -2.23. The van der Waals surface area contributed by atoms with E-state index in [0.717, 1.165) is 42.2 Å². The Balaban J connectivity index is 1.55. The van der Waals surface area contributed by atoms with E-state index in [1.165, 1.54) is 0 Å². The van der Waals surface area contributed by atoms with Crippen LogP contribution in [0, 0.1) is 17.3 Å². The van der Waals surface area contributed by atoms with Crippen molar-refractivity contribution in [3.63, 3.8) is 0 Å². The number of carbonyl (C=O) groups excluding carboxylic acids is 1. The van der Waals surface area contributed by atoms with Gasteiger partial charge in [-0.3, -0.25) is 4.98 Å². The molecule has 0 saturated carbocycles. The molecule has 0 spiro atoms. The summed E-state index contributed by atoms with van der Waals surface area (Å²) in [7, 11) is 0. The first-order valence-corrected chi connectivity index (χ1v) is 9.64. The molecule has 0 amide bonds. The van der Waals surface area contributed by atoms with Crippen LogP contribution < -0.4 is 0 Å². The monoisotopic (exact) mass is 369 g/mol. The van der Waals surface area contributed by atoms with E-state index in [-0.39, 0.29) is 5.97 Å². The molecule has 0 N–H and O–H groups in total. The van der Waals surface area contributed by atoms with Crippen LogP contribution in [-0.2, 0) is 9.63 Å². The second-order valence-corrected chi connectivity index (χ2v) is 8.28. The van der Waals surface area contributed by atoms with Gasteiger partial charge in [0, 0.05) is 42.3 Å². The third-order valence-corrected chi connectivity index (χ3v) is 5.15. The Morgan fingerprint density at radius 2 is 2.08 bits per heavy atom. The number of hydrogen-bond acceptors (Lipinski definition) is 6. The summed E-state index contributed by atoms with van der Waals surface area (Å²) in [5, 5.41) is 4.90. The highest BCUT2D eigenvalue weighted by Crippen LogP contribution is 2.30. The van der Waals surface area contributed by atoms with Crippen molar-refractivity contribution in [2.75, 3.05) is 13.1 Å². The lowest BCUT2D eigenvalue weighted by Crippen LogP contribution is -2.38. The quantitative estimate of drug-likeness (QED) is 0.757. The maximum atomic E-state index is 12.0. The summed E-state index contributed by atoms with van der Waals surface area (Å²) in [5.74, 6) is 6.41. The third-order valence-electron chi connectivity index (χ3n) is 4.15. The Bertz CT molecular complexity index is 807. The van der Waals surface area contributed by atoms with Gasteiger partial charge >= 0.3 is 5.97 Å². The second kappa shape index (κ2) is 7.98. The Labute approximate surface area is 158 Å². The molecule has 5 nitrogen and oxygen atoms in total. The van der Waals surface area contributed by atoms with Crippen molar-refractivity contribution in [1.82, 2.24) is 15.0 Å². The molecule has 3 rings (SSSR count). The van der Waals surface area contributed by atoms with Crippen molar-refractivity contribution in [2.24, 2.45) is 5.41 Å². The molecular weight excluding hydrogens is 346 g/mol. The van der Waals surface area contributed by atoms with Gasteiger partial charge in [0.15, 0.2) is 0 Å². The first-order chi connectivity index (χ1) is 12.4. The van der Waals surface area contributed by atoms with Crippen LogP contribution in [0.2, 0.25) is 0 Å². The van der Waals surface area contributed by atoms with Crippen LogP contribution in [0.5, 0.6) is 0 Å². The normalized spacial score (nSPS) is 16.0. The fourth-order valence-electron chi connectivity index (χ4n) is 2.55. The minimum atomic E-state index is -0.478. The first-order valence-electron chi connectivity index (χ1n) is 8.76. The number of hydroxylamine groups is 2. The first kappa shape index (κ1) is 18.6. The Morgan fingerprint density at radius 1 is 1.31 bits per heavy atom. The number of hydrogen-bond donors (Lipinski definition) is 0. The van der Waals surface area contributed by atoms with Crippen LogP contribution in [-0.4, -0.2) is 34.1 Å². The van der Waals surface area contributed by atoms with Crippen molar-refractivity contribution in [1.29, 1.82) is 0 Å². The summed E-state index contributed by atoms with van der Waals surface area (Å²) in [5.41, 5.74) is 1.21. The zero-order chi connectivity index (χ0) is 18.6. The summed E-state index contributed by atoms with van der Waals surface area (Å²) in [6.45, 7) is 7.08. The molecule has 26 heavy (non-hydrogen) atoms. The average molecular weight is 369 g/mol. The standard InChI is InChI=1S/C20H23N3O2S/c1-20(2,3)19(24)25-23-11-8-16(9-12-23)18-22-17(14-26-18)7-6-15-5-4-10-21-13-15/h4-5,10,13-14,16H,8-9,11-12H2,1-3H3. The van der Waals surface area contributed by atoms with Crippen LogP contribution in [0.25, 0.3) is 0 Å². The summed E-state index contributed by atoms with van der Waals surface area (Å²) < 4.78 is 0. The summed E-state index contributed by atoms with van der Waals surface area (Å²) in [6, 6.07) is 3.80. The van der Waals surface area contributed by atoms with E-state index in [1.807, 2.05) is 38.3 Å². The predicted octanol–water partition coefficient (Wildman–Crippen LogP) is 3.62. The zero-order valence-corrected chi connectivity index (χ0v) is 16.2. The summed E-state index contributed by atoms with van der Waals surface area (Å²) in [6.07, 6.45) is 5.34. The predicted molar refractivity (Wildman–Crippen MR) is 101 cm³/mol. The number of nitrogens with zero attached hydrogens (tertiary/aromatic N) is 3. The minimum Gasteiger partial charge on any atom is -0.367 e. The molecule has 3 heterocycles. The number of carbonyl (C=O) groups is 1. The highest BCUT2D eigenvalue weighted by Gasteiger charge is 2.29. The van der Waals surface area contributed by atoms with Gasteiger partial charge in [0.25, 0.3) is 0 Å². The maximum absolute atomic E-state index is 12.0. The lowest BCUT2D eigenvalue weighted by molar-refractivity contribution is -0.204. The minimum absolute atomic E-state index is 0.182. The summed E-state index contributed by atoms with van der Waals surface area (Å²) >= 11 is 1.66. The lowest BCUT2D eigenvalue weighted by atomic mass is 9.97. The molecule has 0 radical (unpaired) electrons. The van der Waals surface area contributed by atoms with Crippen LogP contribution >= 0.6 is 11.3 Å². The number of pyridine rings is 1. The third kappa shape index (κ3) is 4.90. The van der Waals surface area contributed by atoms with Crippen molar-refractivity contribution >= 4 is 17.3 Å². The van der Waals surface area contributed by atoms with Crippen molar-refractivity contribution < 1.29 is 9.63 Å². The highest BCUT2D eigenvalue weighted by atomic mass is 32.1. The van der Waals surface area contributed by atoms with Crippen LogP contribution in [0.1, 0.15) is 55.8 Å². The molecule has 1 fully saturated rings. The molecule has 0 aliphatic carbocycles. The molecule has 1 aliphatic rings. The molecular formula is C20H23N3O2S. The van der Waals surface area contributed by atoms with Gasteiger partial charge in [0.2, 0.25) is 0 Å². The van der Waals surface area contributed by atoms with E-state index < -0.39 is 5.41 Å². The number of aromatic nitrogens is 2. The molecule has 1 aliphatic heterocycles. The molecule has 0 bridgehead atoms. The van der Waals surface area contributed by atoms with Gasteiger partial charge in [-0.15, -0.1) is 16.4 Å². The molecule has 136 valence electrons. The average Bonchev–Trinajstić information content (AvgIpc) is 3.10. The van der Waals surface area contributed by atoms with Crippen LogP contribution in [0.4, 0.5) is 0 Å². The molecule has 0 unspecified atom stereocenters. The topological polar surface area (TPSA) is 55.3 Å². The SMILES string of the molecule is CC(C)(C)C(=O)ON1CCC(c2nc(C#Cc3cccnc3)cs2)CC1. The number of rotatable bonds is 2. The van der Waals surface area contributed by atoms with Crippen LogP contribution in [0.15, 0.2) is 29.9 Å². The van der Waals surface area contributed by atoms with Gasteiger partial charge in [0.1, 0.15) is 5.69 Å². The van der Waals surface area contributed by atoms with Crippen molar-refractivity contribution in [3.8, 4) is 11.8 Å². The molecule has 1 saturated heterocycles. The van der Waals surface area contributed by atoms with E-state index in [2.05, 4.69) is 21.8 Å². The lowest BCUT2D eigenvalue weighted by Gasteiger charge is -2.31. The smallest absolute Gasteiger partial charge is 0.330 e. The van der Waals surface area contributed by atoms with Crippen LogP contribution in [0.3, 0.4) is 0 Å². The van der Waals surface area contributed by atoms with E-state index in [9.17, 15) is 4.79 Å². The molecule has 2 aromatic rings. The van der Waals surface area contributed by atoms with E-state index >= 15 is 0 Å². The van der Waals surface area contributed by atoms with Gasteiger partial charge < -0.3 is 4.84 Å². The van der Waals surface area contributed by atoms with Gasteiger partial charge in [-0.25, -0.2) is 9.78 Å².